The molecule has 8 nitrogen and oxygen atoms in total. The molecule has 0 spiro atoms. The third-order valence-electron chi connectivity index (χ3n) is 6.10. The van der Waals surface area contributed by atoms with Gasteiger partial charge in [0.25, 0.3) is 12.3 Å². The number of halogens is 2. The molecule has 2 heterocycles. The first-order valence-electron chi connectivity index (χ1n) is 10.5. The number of hydrogen-bond donors (Lipinski definition) is 1. The molecule has 4 aromatic rings. The van der Waals surface area contributed by atoms with E-state index in [-0.39, 0.29) is 34.0 Å². The first-order valence-corrected chi connectivity index (χ1v) is 10.5. The molecule has 0 radical (unpaired) electrons. The standard InChI is InChI=1S/C24H20F2N4O4/c1-13-5-3-4-6-16(13)24(9-10-24)23-27-21(34-29-23)17-12-18(20(25)26)30(28-17)14-7-8-19(33-2)15(11-14)22(31)32/h3-8,11-12,20H,9-10H2,1-2H3,(H,31,32). The quantitative estimate of drug-likeness (QED) is 0.411. The summed E-state index contributed by atoms with van der Waals surface area (Å²) in [5.41, 5.74) is 1.47. The van der Waals surface area contributed by atoms with Crippen LogP contribution < -0.4 is 4.74 Å². The van der Waals surface area contributed by atoms with Gasteiger partial charge in [-0.1, -0.05) is 29.4 Å². The number of benzene rings is 2. The number of hydrogen-bond acceptors (Lipinski definition) is 6. The van der Waals surface area contributed by atoms with E-state index in [9.17, 15) is 18.7 Å². The fraction of sp³-hybridized carbons (Fsp3) is 0.250. The number of aromatic carboxylic acids is 1. The smallest absolute Gasteiger partial charge is 0.339 e. The molecule has 0 unspecified atom stereocenters. The summed E-state index contributed by atoms with van der Waals surface area (Å²) in [6, 6.07) is 13.2. The topological polar surface area (TPSA) is 103 Å². The van der Waals surface area contributed by atoms with Crippen LogP contribution in [0.5, 0.6) is 5.75 Å². The van der Waals surface area contributed by atoms with Gasteiger partial charge in [-0.25, -0.2) is 18.3 Å². The van der Waals surface area contributed by atoms with Gasteiger partial charge < -0.3 is 14.4 Å². The maximum atomic E-state index is 13.8. The Kier molecular flexibility index (Phi) is 5.15. The van der Waals surface area contributed by atoms with Crippen molar-refractivity contribution in [3.63, 3.8) is 0 Å². The highest BCUT2D eigenvalue weighted by atomic mass is 19.3. The molecule has 10 heteroatoms. The summed E-state index contributed by atoms with van der Waals surface area (Å²) in [6.45, 7) is 2.02. The van der Waals surface area contributed by atoms with Crippen molar-refractivity contribution in [2.75, 3.05) is 7.11 Å². The summed E-state index contributed by atoms with van der Waals surface area (Å²) in [5, 5.41) is 17.8. The van der Waals surface area contributed by atoms with E-state index in [0.29, 0.717) is 5.82 Å². The van der Waals surface area contributed by atoms with E-state index >= 15 is 0 Å². The van der Waals surface area contributed by atoms with Crippen molar-refractivity contribution < 1.29 is 27.9 Å². The summed E-state index contributed by atoms with van der Waals surface area (Å²) < 4.78 is 39.1. The lowest BCUT2D eigenvalue weighted by atomic mass is 9.91. The Balaban J connectivity index is 1.55. The number of aryl methyl sites for hydroxylation is 1. The lowest BCUT2D eigenvalue weighted by Gasteiger charge is -2.13. The number of alkyl halides is 2. The Morgan fingerprint density at radius 1 is 1.21 bits per heavy atom. The monoisotopic (exact) mass is 466 g/mol. The van der Waals surface area contributed by atoms with Gasteiger partial charge in [0.15, 0.2) is 11.5 Å². The SMILES string of the molecule is COc1ccc(-n2nc(-c3nc(C4(c5ccccc5C)CC4)no3)cc2C(F)F)cc1C(=O)O. The van der Waals surface area contributed by atoms with Crippen LogP contribution in [0.15, 0.2) is 53.1 Å². The van der Waals surface area contributed by atoms with Crippen LogP contribution in [0, 0.1) is 6.92 Å². The van der Waals surface area contributed by atoms with Crippen LogP contribution >= 0.6 is 0 Å². The molecule has 1 aliphatic rings. The molecule has 2 aromatic heterocycles. The van der Waals surface area contributed by atoms with Crippen molar-refractivity contribution in [2.45, 2.75) is 31.6 Å². The van der Waals surface area contributed by atoms with Gasteiger partial charge in [-0.3, -0.25) is 0 Å². The van der Waals surface area contributed by atoms with Gasteiger partial charge in [0.2, 0.25) is 0 Å². The Morgan fingerprint density at radius 3 is 2.62 bits per heavy atom. The lowest BCUT2D eigenvalue weighted by molar-refractivity contribution is 0.0693. The summed E-state index contributed by atoms with van der Waals surface area (Å²) in [4.78, 5) is 16.1. The summed E-state index contributed by atoms with van der Waals surface area (Å²) in [7, 11) is 1.33. The maximum absolute atomic E-state index is 13.8. The number of aromatic nitrogens is 4. The lowest BCUT2D eigenvalue weighted by Crippen LogP contribution is -2.12. The van der Waals surface area contributed by atoms with Crippen molar-refractivity contribution in [1.82, 2.24) is 19.9 Å². The number of carbonyl (C=O) groups is 1. The molecule has 174 valence electrons. The molecule has 5 rings (SSSR count). The zero-order chi connectivity index (χ0) is 24.0. The zero-order valence-electron chi connectivity index (χ0n) is 18.3. The molecule has 1 aliphatic carbocycles. The Hall–Kier alpha value is -4.08. The molecule has 1 saturated carbocycles. The van der Waals surface area contributed by atoms with Gasteiger partial charge in [-0.2, -0.15) is 10.1 Å². The number of methoxy groups -OCH3 is 1. The number of rotatable bonds is 7. The van der Waals surface area contributed by atoms with Crippen LogP contribution in [-0.4, -0.2) is 38.1 Å². The van der Waals surface area contributed by atoms with Crippen molar-refractivity contribution >= 4 is 5.97 Å². The second-order valence-corrected chi connectivity index (χ2v) is 8.18. The summed E-state index contributed by atoms with van der Waals surface area (Å²) >= 11 is 0. The van der Waals surface area contributed by atoms with Crippen LogP contribution in [-0.2, 0) is 5.41 Å². The molecular formula is C24H20F2N4O4. The first kappa shape index (κ1) is 21.7. The van der Waals surface area contributed by atoms with Crippen molar-refractivity contribution in [3.05, 3.63) is 76.7 Å². The first-order chi connectivity index (χ1) is 16.3. The van der Waals surface area contributed by atoms with Gasteiger partial charge in [0.1, 0.15) is 17.0 Å². The van der Waals surface area contributed by atoms with E-state index in [1.165, 1.54) is 31.4 Å². The van der Waals surface area contributed by atoms with Crippen LogP contribution in [0.2, 0.25) is 0 Å². The molecule has 34 heavy (non-hydrogen) atoms. The van der Waals surface area contributed by atoms with E-state index < -0.39 is 18.1 Å². The molecule has 2 aromatic carbocycles. The molecular weight excluding hydrogens is 446 g/mol. The third kappa shape index (κ3) is 3.51. The molecule has 0 atom stereocenters. The summed E-state index contributed by atoms with van der Waals surface area (Å²) in [6.07, 6.45) is -1.16. The van der Waals surface area contributed by atoms with Gasteiger partial charge in [0.05, 0.1) is 18.2 Å². The number of carboxylic acids is 1. The molecule has 0 amide bonds. The minimum Gasteiger partial charge on any atom is -0.496 e. The largest absolute Gasteiger partial charge is 0.496 e. The minimum atomic E-state index is -2.87. The van der Waals surface area contributed by atoms with Crippen LogP contribution in [0.4, 0.5) is 8.78 Å². The van der Waals surface area contributed by atoms with E-state index in [4.69, 9.17) is 9.26 Å². The van der Waals surface area contributed by atoms with Gasteiger partial charge >= 0.3 is 5.97 Å². The zero-order valence-corrected chi connectivity index (χ0v) is 18.3. The highest BCUT2D eigenvalue weighted by Crippen LogP contribution is 2.53. The Bertz CT molecular complexity index is 1390. The number of ether oxygens (including phenoxy) is 1. The normalized spacial score (nSPS) is 14.4. The van der Waals surface area contributed by atoms with E-state index in [0.717, 1.165) is 28.7 Å². The van der Waals surface area contributed by atoms with Crippen molar-refractivity contribution in [2.24, 2.45) is 0 Å². The van der Waals surface area contributed by atoms with Crippen molar-refractivity contribution in [1.29, 1.82) is 0 Å². The third-order valence-corrected chi connectivity index (χ3v) is 6.10. The fourth-order valence-electron chi connectivity index (χ4n) is 4.23. The highest BCUT2D eigenvalue weighted by Gasteiger charge is 2.50. The van der Waals surface area contributed by atoms with Gasteiger partial charge in [-0.15, -0.1) is 0 Å². The second-order valence-electron chi connectivity index (χ2n) is 8.18. The summed E-state index contributed by atoms with van der Waals surface area (Å²) in [5.74, 6) is -0.642. The van der Waals surface area contributed by atoms with E-state index in [1.54, 1.807) is 0 Å². The Labute approximate surface area is 192 Å². The average molecular weight is 466 g/mol. The number of carboxylic acid groups (broad SMARTS) is 1. The fourth-order valence-corrected chi connectivity index (χ4v) is 4.23. The molecule has 1 N–H and O–H groups in total. The Morgan fingerprint density at radius 2 is 1.97 bits per heavy atom. The highest BCUT2D eigenvalue weighted by molar-refractivity contribution is 5.91. The second kappa shape index (κ2) is 8.05. The van der Waals surface area contributed by atoms with E-state index in [2.05, 4.69) is 15.2 Å². The predicted molar refractivity (Wildman–Crippen MR) is 117 cm³/mol. The van der Waals surface area contributed by atoms with Gasteiger partial charge in [-0.05, 0) is 55.2 Å². The molecule has 0 aliphatic heterocycles. The van der Waals surface area contributed by atoms with E-state index in [1.807, 2.05) is 31.2 Å². The average Bonchev–Trinajstić information content (AvgIpc) is 3.26. The molecule has 0 saturated heterocycles. The van der Waals surface area contributed by atoms with Gasteiger partial charge in [0, 0.05) is 0 Å². The number of nitrogens with zero attached hydrogens (tertiary/aromatic N) is 4. The van der Waals surface area contributed by atoms with Crippen LogP contribution in [0.3, 0.4) is 0 Å². The predicted octanol–water partition coefficient (Wildman–Crippen LogP) is 4.96. The molecule has 0 bridgehead atoms. The van der Waals surface area contributed by atoms with Crippen molar-refractivity contribution in [3.8, 4) is 23.0 Å². The molecule has 1 fully saturated rings. The van der Waals surface area contributed by atoms with Crippen LogP contribution in [0.1, 0.15) is 52.3 Å². The minimum absolute atomic E-state index is 0.0162. The van der Waals surface area contributed by atoms with Crippen LogP contribution in [0.25, 0.3) is 17.3 Å². The maximum Gasteiger partial charge on any atom is 0.339 e.